The number of fused-ring (bicyclic) bond motifs is 2. The van der Waals surface area contributed by atoms with E-state index in [4.69, 9.17) is 4.42 Å². The second kappa shape index (κ2) is 5.50. The van der Waals surface area contributed by atoms with Crippen molar-refractivity contribution in [2.45, 2.75) is 19.5 Å². The average Bonchev–Trinajstić information content (AvgIpc) is 3.18. The van der Waals surface area contributed by atoms with Crippen molar-refractivity contribution in [3.8, 4) is 0 Å². The molecule has 2 aromatic heterocycles. The summed E-state index contributed by atoms with van der Waals surface area (Å²) in [7, 11) is 0. The van der Waals surface area contributed by atoms with Crippen LogP contribution in [-0.2, 0) is 6.54 Å². The van der Waals surface area contributed by atoms with Gasteiger partial charge in [-0.2, -0.15) is 5.10 Å². The van der Waals surface area contributed by atoms with Crippen molar-refractivity contribution in [1.82, 2.24) is 15.1 Å². The molecule has 0 saturated carbocycles. The lowest BCUT2D eigenvalue weighted by molar-refractivity contribution is 0.360. The first kappa shape index (κ1) is 13.4. The highest BCUT2D eigenvalue weighted by molar-refractivity contribution is 5.77. The number of anilines is 1. The molecule has 0 spiro atoms. The minimum absolute atomic E-state index is 0.200. The van der Waals surface area contributed by atoms with Crippen molar-refractivity contribution in [1.29, 1.82) is 0 Å². The quantitative estimate of drug-likeness (QED) is 0.777. The highest BCUT2D eigenvalue weighted by Crippen LogP contribution is 2.24. The highest BCUT2D eigenvalue weighted by Gasteiger charge is 2.19. The number of rotatable bonds is 4. The van der Waals surface area contributed by atoms with Crippen molar-refractivity contribution >= 4 is 16.8 Å². The molecule has 0 bridgehead atoms. The van der Waals surface area contributed by atoms with E-state index in [2.05, 4.69) is 34.8 Å². The molecule has 3 heterocycles. The molecule has 114 valence electrons. The largest absolute Gasteiger partial charge is 0.459 e. The molecule has 5 nitrogen and oxygen atoms in total. The fraction of sp³-hybridized carbons (Fsp3) is 0.353. The second-order valence-corrected chi connectivity index (χ2v) is 5.96. The van der Waals surface area contributed by atoms with E-state index in [-0.39, 0.29) is 6.04 Å². The number of para-hydroxylation sites is 1. The Labute approximate surface area is 129 Å². The molecule has 1 aliphatic heterocycles. The number of nitrogens with one attached hydrogen (secondary N) is 2. The van der Waals surface area contributed by atoms with Gasteiger partial charge in [0.05, 0.1) is 12.2 Å². The third-order valence-electron chi connectivity index (χ3n) is 4.30. The van der Waals surface area contributed by atoms with Crippen LogP contribution in [0.25, 0.3) is 11.0 Å². The summed E-state index contributed by atoms with van der Waals surface area (Å²) in [5.74, 6) is 2.63. The summed E-state index contributed by atoms with van der Waals surface area (Å²) in [6.45, 7) is 5.01. The number of furan rings is 1. The maximum atomic E-state index is 5.92. The van der Waals surface area contributed by atoms with Gasteiger partial charge in [-0.3, -0.25) is 0 Å². The van der Waals surface area contributed by atoms with Crippen molar-refractivity contribution < 1.29 is 4.42 Å². The molecule has 0 unspecified atom stereocenters. The second-order valence-electron chi connectivity index (χ2n) is 5.96. The molecular weight excluding hydrogens is 276 g/mol. The molecular formula is C17H20N4O. The summed E-state index contributed by atoms with van der Waals surface area (Å²) >= 11 is 0. The third-order valence-corrected chi connectivity index (χ3v) is 4.30. The molecule has 1 aromatic carbocycles. The molecule has 0 saturated heterocycles. The van der Waals surface area contributed by atoms with Gasteiger partial charge in [-0.05, 0) is 19.1 Å². The van der Waals surface area contributed by atoms with Crippen LogP contribution in [0.15, 0.2) is 47.0 Å². The lowest BCUT2D eigenvalue weighted by atomic mass is 10.1. The van der Waals surface area contributed by atoms with Gasteiger partial charge in [0.15, 0.2) is 0 Å². The monoisotopic (exact) mass is 296 g/mol. The summed E-state index contributed by atoms with van der Waals surface area (Å²) in [5.41, 5.74) is 0.951. The van der Waals surface area contributed by atoms with Crippen LogP contribution in [0.1, 0.15) is 18.7 Å². The van der Waals surface area contributed by atoms with E-state index in [0.29, 0.717) is 5.92 Å². The van der Waals surface area contributed by atoms with E-state index in [9.17, 15) is 0 Å². The molecule has 0 fully saturated rings. The lowest BCUT2D eigenvalue weighted by Gasteiger charge is -2.26. The normalized spacial score (nSPS) is 18.9. The number of hydrogen-bond donors (Lipinski definition) is 2. The Morgan fingerprint density at radius 2 is 2.32 bits per heavy atom. The van der Waals surface area contributed by atoms with Crippen molar-refractivity contribution in [3.05, 3.63) is 48.4 Å². The minimum atomic E-state index is 0.200. The number of aromatic nitrogens is 2. The smallest absolute Gasteiger partial charge is 0.134 e. The maximum absolute atomic E-state index is 5.92. The van der Waals surface area contributed by atoms with Gasteiger partial charge in [-0.15, -0.1) is 0 Å². The molecule has 1 aliphatic rings. The first-order valence-corrected chi connectivity index (χ1v) is 7.77. The van der Waals surface area contributed by atoms with Gasteiger partial charge in [0, 0.05) is 37.0 Å². The first-order chi connectivity index (χ1) is 10.8. The molecule has 0 radical (unpaired) electrons. The summed E-state index contributed by atoms with van der Waals surface area (Å²) in [5, 5.41) is 12.5. The third kappa shape index (κ3) is 2.48. The molecule has 22 heavy (non-hydrogen) atoms. The van der Waals surface area contributed by atoms with Gasteiger partial charge < -0.3 is 15.1 Å². The Balaban J connectivity index is 1.39. The van der Waals surface area contributed by atoms with Crippen molar-refractivity contribution in [3.63, 3.8) is 0 Å². The Morgan fingerprint density at radius 1 is 1.41 bits per heavy atom. The van der Waals surface area contributed by atoms with Crippen LogP contribution in [0, 0.1) is 5.92 Å². The highest BCUT2D eigenvalue weighted by atomic mass is 16.3. The SMILES string of the molecule is C[C@H](NC[C@H]1CNc2ccnn2C1)c1cc2ccccc2o1. The van der Waals surface area contributed by atoms with Gasteiger partial charge >= 0.3 is 0 Å². The molecule has 4 rings (SSSR count). The minimum Gasteiger partial charge on any atom is -0.459 e. The number of nitrogens with zero attached hydrogens (tertiary/aromatic N) is 2. The molecule has 3 aromatic rings. The van der Waals surface area contributed by atoms with E-state index >= 15 is 0 Å². The van der Waals surface area contributed by atoms with Crippen LogP contribution in [0.2, 0.25) is 0 Å². The number of hydrogen-bond acceptors (Lipinski definition) is 4. The Kier molecular flexibility index (Phi) is 3.35. The van der Waals surface area contributed by atoms with Gasteiger partial charge in [0.2, 0.25) is 0 Å². The van der Waals surface area contributed by atoms with Crippen LogP contribution in [0.4, 0.5) is 5.82 Å². The molecule has 2 N–H and O–H groups in total. The van der Waals surface area contributed by atoms with Gasteiger partial charge in [-0.25, -0.2) is 4.68 Å². The summed E-state index contributed by atoms with van der Waals surface area (Å²) < 4.78 is 7.95. The average molecular weight is 296 g/mol. The van der Waals surface area contributed by atoms with Gasteiger partial charge in [-0.1, -0.05) is 18.2 Å². The molecule has 0 amide bonds. The first-order valence-electron chi connectivity index (χ1n) is 7.77. The van der Waals surface area contributed by atoms with Crippen LogP contribution in [-0.4, -0.2) is 22.9 Å². The van der Waals surface area contributed by atoms with E-state index in [1.165, 1.54) is 0 Å². The van der Waals surface area contributed by atoms with Gasteiger partial charge in [0.1, 0.15) is 17.2 Å². The van der Waals surface area contributed by atoms with Crippen LogP contribution in [0.5, 0.6) is 0 Å². The summed E-state index contributed by atoms with van der Waals surface area (Å²) in [6, 6.07) is 12.5. The Morgan fingerprint density at radius 3 is 3.23 bits per heavy atom. The summed E-state index contributed by atoms with van der Waals surface area (Å²) in [4.78, 5) is 0. The fourth-order valence-electron chi connectivity index (χ4n) is 2.98. The fourth-order valence-corrected chi connectivity index (χ4v) is 2.98. The van der Waals surface area contributed by atoms with Crippen LogP contribution in [0.3, 0.4) is 0 Å². The zero-order valence-corrected chi connectivity index (χ0v) is 12.6. The lowest BCUT2D eigenvalue weighted by Crippen LogP contribution is -2.36. The predicted octanol–water partition coefficient (Wildman–Crippen LogP) is 3.02. The van der Waals surface area contributed by atoms with Crippen LogP contribution < -0.4 is 10.6 Å². The Bertz CT molecular complexity index is 743. The number of benzene rings is 1. The molecule has 2 atom stereocenters. The van der Waals surface area contributed by atoms with E-state index in [0.717, 1.165) is 42.2 Å². The van der Waals surface area contributed by atoms with Crippen LogP contribution >= 0.6 is 0 Å². The maximum Gasteiger partial charge on any atom is 0.134 e. The van der Waals surface area contributed by atoms with Crippen molar-refractivity contribution in [2.24, 2.45) is 5.92 Å². The predicted molar refractivity (Wildman–Crippen MR) is 86.8 cm³/mol. The van der Waals surface area contributed by atoms with Gasteiger partial charge in [0.25, 0.3) is 0 Å². The standard InChI is InChI=1S/C17H20N4O/c1-12(16-8-14-4-2-3-5-15(14)22-16)18-9-13-10-19-17-6-7-20-21(17)11-13/h2-8,12-13,18-19H,9-11H2,1H3/t12-,13-/m0/s1. The van der Waals surface area contributed by atoms with E-state index in [1.807, 2.05) is 35.1 Å². The molecule has 5 heteroatoms. The molecule has 0 aliphatic carbocycles. The zero-order chi connectivity index (χ0) is 14.9. The zero-order valence-electron chi connectivity index (χ0n) is 12.6. The van der Waals surface area contributed by atoms with Crippen molar-refractivity contribution in [2.75, 3.05) is 18.4 Å². The van der Waals surface area contributed by atoms with E-state index < -0.39 is 0 Å². The topological polar surface area (TPSA) is 55.0 Å². The Hall–Kier alpha value is -2.27. The van der Waals surface area contributed by atoms with E-state index in [1.54, 1.807) is 0 Å². The summed E-state index contributed by atoms with van der Waals surface area (Å²) in [6.07, 6.45) is 1.84.